The minimum atomic E-state index is -0.395. The molecule has 1 heterocycles. The van der Waals surface area contributed by atoms with E-state index in [4.69, 9.17) is 4.74 Å². The molecule has 2 rings (SSSR count). The molecule has 0 saturated carbocycles. The number of nitrogens with zero attached hydrogens (tertiary/aromatic N) is 2. The molecule has 0 fully saturated rings. The second-order valence-corrected chi connectivity index (χ2v) is 3.57. The topological polar surface area (TPSA) is 44.1 Å². The Morgan fingerprint density at radius 2 is 2.12 bits per heavy atom. The summed E-state index contributed by atoms with van der Waals surface area (Å²) in [5.41, 5.74) is 1.46. The summed E-state index contributed by atoms with van der Waals surface area (Å²) in [5, 5.41) is 3.92. The maximum absolute atomic E-state index is 11.7. The molecule has 0 aliphatic heterocycles. The van der Waals surface area contributed by atoms with Gasteiger partial charge in [-0.3, -0.25) is 4.68 Å². The summed E-state index contributed by atoms with van der Waals surface area (Å²) < 4.78 is 6.72. The molecule has 0 unspecified atom stereocenters. The fourth-order valence-electron chi connectivity index (χ4n) is 1.37. The number of aryl methyl sites for hydroxylation is 1. The van der Waals surface area contributed by atoms with Crippen LogP contribution in [0.15, 0.2) is 43.2 Å². The highest BCUT2D eigenvalue weighted by atomic mass is 16.5. The highest BCUT2D eigenvalue weighted by molar-refractivity contribution is 5.91. The van der Waals surface area contributed by atoms with Crippen molar-refractivity contribution in [1.82, 2.24) is 9.78 Å². The number of hydrogen-bond acceptors (Lipinski definition) is 3. The summed E-state index contributed by atoms with van der Waals surface area (Å²) in [6, 6.07) is 7.03. The van der Waals surface area contributed by atoms with E-state index in [-0.39, 0.29) is 0 Å². The summed E-state index contributed by atoms with van der Waals surface area (Å²) in [7, 11) is 1.76. The number of benzene rings is 1. The molecule has 17 heavy (non-hydrogen) atoms. The first kappa shape index (κ1) is 11.1. The largest absolute Gasteiger partial charge is 0.420 e. The average Bonchev–Trinajstić information content (AvgIpc) is 2.75. The van der Waals surface area contributed by atoms with E-state index < -0.39 is 5.97 Å². The molecule has 0 N–H and O–H groups in total. The lowest BCUT2D eigenvalue weighted by Crippen LogP contribution is -2.07. The van der Waals surface area contributed by atoms with Crippen molar-refractivity contribution in [2.45, 2.75) is 0 Å². The van der Waals surface area contributed by atoms with Crippen LogP contribution in [0, 0.1) is 0 Å². The normalized spacial score (nSPS) is 9.94. The Morgan fingerprint density at radius 3 is 2.65 bits per heavy atom. The minimum absolute atomic E-state index is 0.395. The van der Waals surface area contributed by atoms with Crippen molar-refractivity contribution in [2.75, 3.05) is 0 Å². The van der Waals surface area contributed by atoms with E-state index in [1.165, 1.54) is 6.20 Å². The first-order valence-corrected chi connectivity index (χ1v) is 5.12. The maximum Gasteiger partial charge on any atom is 0.343 e. The Kier molecular flexibility index (Phi) is 3.05. The van der Waals surface area contributed by atoms with E-state index in [9.17, 15) is 4.79 Å². The summed E-state index contributed by atoms with van der Waals surface area (Å²) in [4.78, 5) is 11.7. The van der Waals surface area contributed by atoms with E-state index in [0.717, 1.165) is 5.56 Å². The van der Waals surface area contributed by atoms with Gasteiger partial charge in [0.15, 0.2) is 5.75 Å². The molecule has 1 aromatic heterocycles. The summed E-state index contributed by atoms with van der Waals surface area (Å²) in [6.07, 6.45) is 4.85. The molecule has 0 spiro atoms. The van der Waals surface area contributed by atoms with Crippen LogP contribution >= 0.6 is 0 Å². The summed E-state index contributed by atoms with van der Waals surface area (Å²) >= 11 is 0. The van der Waals surface area contributed by atoms with Crippen LogP contribution in [0.2, 0.25) is 0 Å². The smallest absolute Gasteiger partial charge is 0.343 e. The van der Waals surface area contributed by atoms with Crippen molar-refractivity contribution in [1.29, 1.82) is 0 Å². The Labute approximate surface area is 99.1 Å². The van der Waals surface area contributed by atoms with Crippen LogP contribution in [0.3, 0.4) is 0 Å². The average molecular weight is 228 g/mol. The van der Waals surface area contributed by atoms with Gasteiger partial charge in [0, 0.05) is 7.05 Å². The van der Waals surface area contributed by atoms with Crippen LogP contribution in [-0.2, 0) is 7.05 Å². The Morgan fingerprint density at radius 1 is 1.41 bits per heavy atom. The van der Waals surface area contributed by atoms with Gasteiger partial charge in [0.25, 0.3) is 0 Å². The fraction of sp³-hybridized carbons (Fsp3) is 0.0769. The Balaban J connectivity index is 2.11. The van der Waals surface area contributed by atoms with Gasteiger partial charge in [0.1, 0.15) is 0 Å². The third-order valence-electron chi connectivity index (χ3n) is 2.27. The predicted molar refractivity (Wildman–Crippen MR) is 64.7 cm³/mol. The lowest BCUT2D eigenvalue weighted by molar-refractivity contribution is 0.0734. The number of carbonyl (C=O) groups is 1. The predicted octanol–water partition coefficient (Wildman–Crippen LogP) is 2.28. The van der Waals surface area contributed by atoms with Crippen LogP contribution in [0.4, 0.5) is 0 Å². The molecule has 0 radical (unpaired) electrons. The zero-order valence-electron chi connectivity index (χ0n) is 9.46. The van der Waals surface area contributed by atoms with Crippen molar-refractivity contribution in [3.05, 3.63) is 54.4 Å². The van der Waals surface area contributed by atoms with Crippen LogP contribution in [0.5, 0.6) is 5.75 Å². The van der Waals surface area contributed by atoms with Crippen LogP contribution in [0.25, 0.3) is 6.08 Å². The SMILES string of the molecule is C=Cc1ccc(C(=O)Oc2cnn(C)c2)cc1. The van der Waals surface area contributed by atoms with E-state index >= 15 is 0 Å². The molecule has 0 aliphatic carbocycles. The zero-order chi connectivity index (χ0) is 12.3. The first-order chi connectivity index (χ1) is 8.19. The van der Waals surface area contributed by atoms with Gasteiger partial charge < -0.3 is 4.74 Å². The highest BCUT2D eigenvalue weighted by Gasteiger charge is 2.09. The lowest BCUT2D eigenvalue weighted by Gasteiger charge is -2.01. The monoisotopic (exact) mass is 228 g/mol. The fourth-order valence-corrected chi connectivity index (χ4v) is 1.37. The van der Waals surface area contributed by atoms with Crippen molar-refractivity contribution < 1.29 is 9.53 Å². The van der Waals surface area contributed by atoms with Gasteiger partial charge in [-0.1, -0.05) is 24.8 Å². The molecular formula is C13H12N2O2. The quantitative estimate of drug-likeness (QED) is 0.757. The molecule has 86 valence electrons. The second-order valence-electron chi connectivity index (χ2n) is 3.57. The van der Waals surface area contributed by atoms with Crippen LogP contribution in [0.1, 0.15) is 15.9 Å². The number of hydrogen-bond donors (Lipinski definition) is 0. The molecule has 4 heteroatoms. The van der Waals surface area contributed by atoms with Gasteiger partial charge in [-0.25, -0.2) is 4.79 Å². The van der Waals surface area contributed by atoms with Gasteiger partial charge in [-0.05, 0) is 17.7 Å². The number of ether oxygens (including phenoxy) is 1. The van der Waals surface area contributed by atoms with Gasteiger partial charge in [-0.15, -0.1) is 0 Å². The van der Waals surface area contributed by atoms with Gasteiger partial charge in [0.2, 0.25) is 0 Å². The standard InChI is InChI=1S/C13H12N2O2/c1-3-10-4-6-11(7-5-10)13(16)17-12-8-14-15(2)9-12/h3-9H,1H2,2H3. The molecule has 0 amide bonds. The van der Waals surface area contributed by atoms with Crippen LogP contribution < -0.4 is 4.74 Å². The molecule has 2 aromatic rings. The van der Waals surface area contributed by atoms with Gasteiger partial charge in [-0.2, -0.15) is 5.10 Å². The van der Waals surface area contributed by atoms with E-state index in [2.05, 4.69) is 11.7 Å². The minimum Gasteiger partial charge on any atom is -0.420 e. The zero-order valence-corrected chi connectivity index (χ0v) is 9.46. The molecule has 4 nitrogen and oxygen atoms in total. The molecule has 0 saturated heterocycles. The van der Waals surface area contributed by atoms with Crippen molar-refractivity contribution in [3.63, 3.8) is 0 Å². The van der Waals surface area contributed by atoms with Crippen molar-refractivity contribution in [3.8, 4) is 5.75 Å². The van der Waals surface area contributed by atoms with E-state index in [1.54, 1.807) is 36.1 Å². The molecule has 0 atom stereocenters. The second kappa shape index (κ2) is 4.65. The highest BCUT2D eigenvalue weighted by Crippen LogP contribution is 2.12. The molecule has 0 aliphatic rings. The third kappa shape index (κ3) is 2.60. The number of aromatic nitrogens is 2. The summed E-state index contributed by atoms with van der Waals surface area (Å²) in [5.74, 6) is 0.0407. The van der Waals surface area contributed by atoms with Gasteiger partial charge in [0.05, 0.1) is 18.0 Å². The van der Waals surface area contributed by atoms with Gasteiger partial charge >= 0.3 is 5.97 Å². The molecule has 0 bridgehead atoms. The Hall–Kier alpha value is -2.36. The Bertz CT molecular complexity index is 541. The number of rotatable bonds is 3. The molecular weight excluding hydrogens is 216 g/mol. The number of esters is 1. The van der Waals surface area contributed by atoms with Crippen molar-refractivity contribution >= 4 is 12.0 Å². The first-order valence-electron chi connectivity index (χ1n) is 5.12. The summed E-state index contributed by atoms with van der Waals surface area (Å²) in [6.45, 7) is 3.65. The lowest BCUT2D eigenvalue weighted by atomic mass is 10.1. The molecule has 1 aromatic carbocycles. The maximum atomic E-state index is 11.7. The van der Waals surface area contributed by atoms with Crippen molar-refractivity contribution in [2.24, 2.45) is 7.05 Å². The van der Waals surface area contributed by atoms with Crippen LogP contribution in [-0.4, -0.2) is 15.7 Å². The van der Waals surface area contributed by atoms with E-state index in [0.29, 0.717) is 11.3 Å². The van der Waals surface area contributed by atoms with E-state index in [1.807, 2.05) is 12.1 Å². The number of carbonyl (C=O) groups excluding carboxylic acids is 1. The third-order valence-corrected chi connectivity index (χ3v) is 2.27.